The van der Waals surface area contributed by atoms with Gasteiger partial charge in [0.25, 0.3) is 0 Å². The number of hydrogen-bond acceptors (Lipinski definition) is 2. The molecule has 0 spiro atoms. The van der Waals surface area contributed by atoms with Gasteiger partial charge in [0.05, 0.1) is 0 Å². The standard InChI is InChI=1S/C17H24BrNO/c1-13-4-5-17-15(9-13)10-16(20-17)12-19-8-2-3-14(11-19)6-7-18/h4-5,9,14,16H,2-3,6-8,10-12H2,1H3. The smallest absolute Gasteiger partial charge is 0.123 e. The summed E-state index contributed by atoms with van der Waals surface area (Å²) in [4.78, 5) is 2.61. The zero-order chi connectivity index (χ0) is 13.9. The van der Waals surface area contributed by atoms with E-state index in [2.05, 4.69) is 46.0 Å². The molecule has 1 fully saturated rings. The lowest BCUT2D eigenvalue weighted by atomic mass is 9.95. The fourth-order valence-corrected chi connectivity index (χ4v) is 4.19. The summed E-state index contributed by atoms with van der Waals surface area (Å²) in [6, 6.07) is 6.56. The zero-order valence-electron chi connectivity index (χ0n) is 12.3. The Hall–Kier alpha value is -0.540. The second-order valence-corrected chi connectivity index (χ2v) is 7.09. The normalized spacial score (nSPS) is 26.3. The van der Waals surface area contributed by atoms with Gasteiger partial charge >= 0.3 is 0 Å². The van der Waals surface area contributed by atoms with E-state index < -0.39 is 0 Å². The summed E-state index contributed by atoms with van der Waals surface area (Å²) in [5, 5.41) is 1.14. The van der Waals surface area contributed by atoms with Crippen LogP contribution in [0.3, 0.4) is 0 Å². The van der Waals surface area contributed by atoms with Crippen molar-refractivity contribution >= 4 is 15.9 Å². The Kier molecular flexibility index (Phi) is 4.67. The van der Waals surface area contributed by atoms with Gasteiger partial charge in [0.1, 0.15) is 11.9 Å². The first kappa shape index (κ1) is 14.4. The molecule has 0 N–H and O–H groups in total. The molecule has 3 heteroatoms. The minimum Gasteiger partial charge on any atom is -0.488 e. The highest BCUT2D eigenvalue weighted by molar-refractivity contribution is 9.09. The summed E-state index contributed by atoms with van der Waals surface area (Å²) in [6.07, 6.45) is 5.48. The Morgan fingerprint density at radius 1 is 1.40 bits per heavy atom. The third-order valence-corrected chi connectivity index (χ3v) is 5.00. The molecule has 0 aliphatic carbocycles. The molecule has 0 saturated carbocycles. The summed E-state index contributed by atoms with van der Waals surface area (Å²) < 4.78 is 6.11. The number of halogens is 1. The van der Waals surface area contributed by atoms with Crippen molar-refractivity contribution in [1.82, 2.24) is 4.90 Å². The number of ether oxygens (including phenoxy) is 1. The molecule has 1 aromatic rings. The van der Waals surface area contributed by atoms with Crippen LogP contribution in [-0.2, 0) is 6.42 Å². The van der Waals surface area contributed by atoms with Crippen LogP contribution in [0.2, 0.25) is 0 Å². The van der Waals surface area contributed by atoms with E-state index in [0.717, 1.165) is 30.0 Å². The largest absolute Gasteiger partial charge is 0.488 e. The van der Waals surface area contributed by atoms with Gasteiger partial charge in [-0.05, 0) is 50.3 Å². The van der Waals surface area contributed by atoms with Crippen molar-refractivity contribution < 1.29 is 4.74 Å². The Balaban J connectivity index is 1.55. The molecule has 2 nitrogen and oxygen atoms in total. The number of rotatable bonds is 4. The van der Waals surface area contributed by atoms with Crippen LogP contribution in [0.4, 0.5) is 0 Å². The average molecular weight is 338 g/mol. The van der Waals surface area contributed by atoms with Gasteiger partial charge in [-0.15, -0.1) is 0 Å². The van der Waals surface area contributed by atoms with Crippen molar-refractivity contribution in [1.29, 1.82) is 0 Å². The van der Waals surface area contributed by atoms with Crippen LogP contribution in [0.1, 0.15) is 30.4 Å². The first-order valence-electron chi connectivity index (χ1n) is 7.79. The van der Waals surface area contributed by atoms with Gasteiger partial charge < -0.3 is 4.74 Å². The second-order valence-electron chi connectivity index (χ2n) is 6.30. The molecule has 2 atom stereocenters. The average Bonchev–Trinajstić information content (AvgIpc) is 2.81. The van der Waals surface area contributed by atoms with Crippen LogP contribution >= 0.6 is 15.9 Å². The van der Waals surface area contributed by atoms with Crippen molar-refractivity contribution in [3.8, 4) is 5.75 Å². The van der Waals surface area contributed by atoms with Gasteiger partial charge in [-0.3, -0.25) is 4.90 Å². The van der Waals surface area contributed by atoms with E-state index >= 15 is 0 Å². The number of aryl methyl sites for hydroxylation is 1. The van der Waals surface area contributed by atoms with Crippen LogP contribution in [0.5, 0.6) is 5.75 Å². The van der Waals surface area contributed by atoms with Gasteiger partial charge in [0, 0.05) is 24.8 Å². The molecule has 0 radical (unpaired) electrons. The highest BCUT2D eigenvalue weighted by Crippen LogP contribution is 2.30. The van der Waals surface area contributed by atoms with Crippen LogP contribution in [0, 0.1) is 12.8 Å². The maximum absolute atomic E-state index is 6.11. The number of alkyl halides is 1. The first-order valence-corrected chi connectivity index (χ1v) is 8.91. The van der Waals surface area contributed by atoms with Gasteiger partial charge in [0.2, 0.25) is 0 Å². The molecule has 1 aromatic carbocycles. The lowest BCUT2D eigenvalue weighted by Gasteiger charge is -2.33. The van der Waals surface area contributed by atoms with Crippen molar-refractivity contribution in [2.24, 2.45) is 5.92 Å². The van der Waals surface area contributed by atoms with Crippen LogP contribution < -0.4 is 4.74 Å². The third-order valence-electron chi connectivity index (χ3n) is 4.54. The summed E-state index contributed by atoms with van der Waals surface area (Å²) in [5.74, 6) is 1.98. The van der Waals surface area contributed by atoms with Gasteiger partial charge in [-0.1, -0.05) is 33.6 Å². The van der Waals surface area contributed by atoms with E-state index in [4.69, 9.17) is 4.74 Å². The molecule has 0 amide bonds. The topological polar surface area (TPSA) is 12.5 Å². The predicted octanol–water partition coefficient (Wildman–Crippen LogP) is 3.80. The maximum atomic E-state index is 6.11. The minimum absolute atomic E-state index is 0.356. The molecule has 2 aliphatic heterocycles. The zero-order valence-corrected chi connectivity index (χ0v) is 13.9. The third kappa shape index (κ3) is 3.37. The minimum atomic E-state index is 0.356. The van der Waals surface area contributed by atoms with E-state index in [9.17, 15) is 0 Å². The SMILES string of the molecule is Cc1ccc2c(c1)CC(CN1CCCC(CCBr)C1)O2. The predicted molar refractivity (Wildman–Crippen MR) is 86.9 cm³/mol. The quantitative estimate of drug-likeness (QED) is 0.775. The fourth-order valence-electron chi connectivity index (χ4n) is 3.55. The van der Waals surface area contributed by atoms with E-state index in [1.807, 2.05) is 0 Å². The molecule has 2 aliphatic rings. The molecule has 20 heavy (non-hydrogen) atoms. The molecular weight excluding hydrogens is 314 g/mol. The van der Waals surface area contributed by atoms with E-state index in [0.29, 0.717) is 6.10 Å². The van der Waals surface area contributed by atoms with Crippen LogP contribution in [-0.4, -0.2) is 36.0 Å². The van der Waals surface area contributed by atoms with Gasteiger partial charge in [0.15, 0.2) is 0 Å². The van der Waals surface area contributed by atoms with Crippen molar-refractivity contribution in [2.75, 3.05) is 25.0 Å². The van der Waals surface area contributed by atoms with E-state index in [1.165, 1.54) is 43.5 Å². The Morgan fingerprint density at radius 2 is 2.30 bits per heavy atom. The summed E-state index contributed by atoms with van der Waals surface area (Å²) in [6.45, 7) is 5.74. The highest BCUT2D eigenvalue weighted by Gasteiger charge is 2.27. The summed E-state index contributed by atoms with van der Waals surface area (Å²) in [7, 11) is 0. The van der Waals surface area contributed by atoms with Crippen molar-refractivity contribution in [3.63, 3.8) is 0 Å². The van der Waals surface area contributed by atoms with Gasteiger partial charge in [-0.2, -0.15) is 0 Å². The first-order chi connectivity index (χ1) is 9.74. The molecule has 110 valence electrons. The Morgan fingerprint density at radius 3 is 3.15 bits per heavy atom. The maximum Gasteiger partial charge on any atom is 0.123 e. The number of nitrogens with zero attached hydrogens (tertiary/aromatic N) is 1. The number of hydrogen-bond donors (Lipinski definition) is 0. The Labute approximate surface area is 130 Å². The molecule has 3 rings (SSSR count). The lowest BCUT2D eigenvalue weighted by molar-refractivity contribution is 0.110. The molecular formula is C17H24BrNO. The molecule has 2 heterocycles. The Bertz CT molecular complexity index is 460. The van der Waals surface area contributed by atoms with E-state index in [-0.39, 0.29) is 0 Å². The molecule has 2 unspecified atom stereocenters. The fraction of sp³-hybridized carbons (Fsp3) is 0.647. The molecule has 0 aromatic heterocycles. The lowest BCUT2D eigenvalue weighted by Crippen LogP contribution is -2.41. The number of likely N-dealkylation sites (tertiary alicyclic amines) is 1. The monoisotopic (exact) mass is 337 g/mol. The molecule has 1 saturated heterocycles. The number of benzene rings is 1. The second kappa shape index (κ2) is 6.48. The van der Waals surface area contributed by atoms with E-state index in [1.54, 1.807) is 0 Å². The van der Waals surface area contributed by atoms with Crippen molar-refractivity contribution in [2.45, 2.75) is 38.7 Å². The summed E-state index contributed by atoms with van der Waals surface area (Å²) >= 11 is 3.58. The van der Waals surface area contributed by atoms with Crippen molar-refractivity contribution in [3.05, 3.63) is 29.3 Å². The number of fused-ring (bicyclic) bond motifs is 1. The van der Waals surface area contributed by atoms with Gasteiger partial charge in [-0.25, -0.2) is 0 Å². The number of piperidine rings is 1. The highest BCUT2D eigenvalue weighted by atomic mass is 79.9. The van der Waals surface area contributed by atoms with Crippen LogP contribution in [0.25, 0.3) is 0 Å². The summed E-state index contributed by atoms with van der Waals surface area (Å²) in [5.41, 5.74) is 2.73. The van der Waals surface area contributed by atoms with Crippen LogP contribution in [0.15, 0.2) is 18.2 Å². The molecule has 0 bridgehead atoms.